The van der Waals surface area contributed by atoms with E-state index >= 15 is 0 Å². The van der Waals surface area contributed by atoms with Gasteiger partial charge < -0.3 is 5.32 Å². The lowest BCUT2D eigenvalue weighted by molar-refractivity contribution is 0.412. The standard InChI is InChI=1S/C11H23NOS/c1-10(12-7-8-14(2)13)9-11-5-3-4-6-11/h10-12H,3-9H2,1-2H3. The Morgan fingerprint density at radius 2 is 2.07 bits per heavy atom. The molecule has 84 valence electrons. The maximum absolute atomic E-state index is 10.8. The van der Waals surface area contributed by atoms with Crippen LogP contribution < -0.4 is 5.32 Å². The van der Waals surface area contributed by atoms with Crippen molar-refractivity contribution in [3.05, 3.63) is 0 Å². The van der Waals surface area contributed by atoms with Gasteiger partial charge >= 0.3 is 0 Å². The minimum absolute atomic E-state index is 0.599. The zero-order valence-corrected chi connectivity index (χ0v) is 10.2. The van der Waals surface area contributed by atoms with Crippen molar-refractivity contribution in [1.82, 2.24) is 5.32 Å². The number of rotatable bonds is 6. The fraction of sp³-hybridized carbons (Fsp3) is 1.00. The summed E-state index contributed by atoms with van der Waals surface area (Å²) in [4.78, 5) is 0. The Labute approximate surface area is 90.3 Å². The molecule has 1 aliphatic rings. The van der Waals surface area contributed by atoms with E-state index in [1.54, 1.807) is 6.26 Å². The third kappa shape index (κ3) is 5.11. The van der Waals surface area contributed by atoms with E-state index in [9.17, 15) is 4.21 Å². The SMILES string of the molecule is CC(CC1CCCC1)NCCS(C)=O. The van der Waals surface area contributed by atoms with Crippen LogP contribution in [0.3, 0.4) is 0 Å². The van der Waals surface area contributed by atoms with Crippen molar-refractivity contribution < 1.29 is 4.21 Å². The molecule has 3 heteroatoms. The predicted molar refractivity (Wildman–Crippen MR) is 63.0 cm³/mol. The van der Waals surface area contributed by atoms with Crippen LogP contribution in [0.1, 0.15) is 39.0 Å². The van der Waals surface area contributed by atoms with Crippen LogP contribution in [-0.2, 0) is 10.8 Å². The van der Waals surface area contributed by atoms with Gasteiger partial charge in [-0.3, -0.25) is 4.21 Å². The molecule has 0 amide bonds. The van der Waals surface area contributed by atoms with Crippen LogP contribution in [-0.4, -0.2) is 28.8 Å². The molecule has 14 heavy (non-hydrogen) atoms. The fourth-order valence-corrected chi connectivity index (χ4v) is 2.68. The van der Waals surface area contributed by atoms with Crippen LogP contribution in [0.2, 0.25) is 0 Å². The van der Waals surface area contributed by atoms with Gasteiger partial charge in [0.1, 0.15) is 0 Å². The number of hydrogen-bond donors (Lipinski definition) is 1. The largest absolute Gasteiger partial charge is 0.313 e. The first-order valence-electron chi connectivity index (χ1n) is 5.72. The van der Waals surface area contributed by atoms with Crippen molar-refractivity contribution in [3.63, 3.8) is 0 Å². The van der Waals surface area contributed by atoms with Gasteiger partial charge in [-0.25, -0.2) is 0 Å². The second-order valence-corrected chi connectivity index (χ2v) is 6.07. The molecule has 0 aromatic rings. The Hall–Kier alpha value is 0.110. The van der Waals surface area contributed by atoms with Gasteiger partial charge in [-0.05, 0) is 19.3 Å². The van der Waals surface area contributed by atoms with Gasteiger partial charge in [-0.15, -0.1) is 0 Å². The van der Waals surface area contributed by atoms with E-state index in [1.165, 1.54) is 32.1 Å². The van der Waals surface area contributed by atoms with E-state index in [-0.39, 0.29) is 0 Å². The summed E-state index contributed by atoms with van der Waals surface area (Å²) in [6, 6.07) is 0.599. The van der Waals surface area contributed by atoms with Crippen molar-refractivity contribution in [3.8, 4) is 0 Å². The van der Waals surface area contributed by atoms with E-state index in [0.29, 0.717) is 6.04 Å². The summed E-state index contributed by atoms with van der Waals surface area (Å²) in [5, 5.41) is 3.45. The van der Waals surface area contributed by atoms with Crippen molar-refractivity contribution in [2.24, 2.45) is 5.92 Å². The smallest absolute Gasteiger partial charge is 0.0357 e. The summed E-state index contributed by atoms with van der Waals surface area (Å²) in [7, 11) is -0.648. The molecule has 1 N–H and O–H groups in total. The monoisotopic (exact) mass is 217 g/mol. The summed E-state index contributed by atoms with van der Waals surface area (Å²) in [5.74, 6) is 1.74. The molecule has 2 atom stereocenters. The van der Waals surface area contributed by atoms with Crippen LogP contribution >= 0.6 is 0 Å². The van der Waals surface area contributed by atoms with E-state index in [1.807, 2.05) is 0 Å². The molecule has 1 aliphatic carbocycles. The van der Waals surface area contributed by atoms with Crippen molar-refractivity contribution in [2.45, 2.75) is 45.1 Å². The van der Waals surface area contributed by atoms with Crippen LogP contribution in [0.5, 0.6) is 0 Å². The lowest BCUT2D eigenvalue weighted by atomic mass is 9.99. The Kier molecular flexibility index (Phi) is 5.71. The van der Waals surface area contributed by atoms with Crippen molar-refractivity contribution in [2.75, 3.05) is 18.6 Å². The maximum Gasteiger partial charge on any atom is 0.0357 e. The molecule has 0 bridgehead atoms. The molecular formula is C11H23NOS. The van der Waals surface area contributed by atoms with Crippen LogP contribution in [0.15, 0.2) is 0 Å². The van der Waals surface area contributed by atoms with Gasteiger partial charge in [0, 0.05) is 35.4 Å². The van der Waals surface area contributed by atoms with Crippen molar-refractivity contribution in [1.29, 1.82) is 0 Å². The quantitative estimate of drug-likeness (QED) is 0.736. The molecule has 2 unspecified atom stereocenters. The molecule has 0 aliphatic heterocycles. The average Bonchev–Trinajstić information content (AvgIpc) is 2.56. The zero-order valence-electron chi connectivity index (χ0n) is 9.42. The molecule has 1 fully saturated rings. The lowest BCUT2D eigenvalue weighted by Crippen LogP contribution is -2.31. The summed E-state index contributed by atoms with van der Waals surface area (Å²) >= 11 is 0. The van der Waals surface area contributed by atoms with Crippen molar-refractivity contribution >= 4 is 10.8 Å². The third-order valence-corrected chi connectivity index (χ3v) is 3.82. The highest BCUT2D eigenvalue weighted by Crippen LogP contribution is 2.28. The summed E-state index contributed by atoms with van der Waals surface area (Å²) < 4.78 is 10.8. The summed E-state index contributed by atoms with van der Waals surface area (Å²) in [6.07, 6.45) is 8.77. The van der Waals surface area contributed by atoms with Gasteiger partial charge in [-0.2, -0.15) is 0 Å². The van der Waals surface area contributed by atoms with E-state index < -0.39 is 10.8 Å². The van der Waals surface area contributed by atoms with Gasteiger partial charge in [0.25, 0.3) is 0 Å². The summed E-state index contributed by atoms with van der Waals surface area (Å²) in [5.41, 5.74) is 0. The van der Waals surface area contributed by atoms with E-state index in [4.69, 9.17) is 0 Å². The Morgan fingerprint density at radius 1 is 1.43 bits per heavy atom. The molecular weight excluding hydrogens is 194 g/mol. The van der Waals surface area contributed by atoms with Gasteiger partial charge in [0.15, 0.2) is 0 Å². The Bertz CT molecular complexity index is 178. The molecule has 0 radical (unpaired) electrons. The Morgan fingerprint density at radius 3 is 2.64 bits per heavy atom. The van der Waals surface area contributed by atoms with Gasteiger partial charge in [-0.1, -0.05) is 25.7 Å². The summed E-state index contributed by atoms with van der Waals surface area (Å²) in [6.45, 7) is 3.15. The predicted octanol–water partition coefficient (Wildman–Crippen LogP) is 1.92. The minimum atomic E-state index is -0.648. The number of hydrogen-bond acceptors (Lipinski definition) is 2. The molecule has 0 spiro atoms. The first-order valence-corrected chi connectivity index (χ1v) is 7.44. The average molecular weight is 217 g/mol. The molecule has 2 nitrogen and oxygen atoms in total. The second-order valence-electron chi connectivity index (χ2n) is 4.52. The Balaban J connectivity index is 2.03. The highest BCUT2D eigenvalue weighted by molar-refractivity contribution is 7.84. The van der Waals surface area contributed by atoms with E-state index in [0.717, 1.165) is 18.2 Å². The van der Waals surface area contributed by atoms with Crippen LogP contribution in [0, 0.1) is 5.92 Å². The number of nitrogens with one attached hydrogen (secondary N) is 1. The highest BCUT2D eigenvalue weighted by atomic mass is 32.2. The first-order chi connectivity index (χ1) is 6.68. The van der Waals surface area contributed by atoms with Crippen LogP contribution in [0.4, 0.5) is 0 Å². The topological polar surface area (TPSA) is 29.1 Å². The van der Waals surface area contributed by atoms with Gasteiger partial charge in [0.05, 0.1) is 0 Å². The second kappa shape index (κ2) is 6.57. The van der Waals surface area contributed by atoms with Crippen LogP contribution in [0.25, 0.3) is 0 Å². The minimum Gasteiger partial charge on any atom is -0.313 e. The molecule has 0 aromatic heterocycles. The lowest BCUT2D eigenvalue weighted by Gasteiger charge is -2.17. The molecule has 1 rings (SSSR count). The molecule has 0 saturated heterocycles. The molecule has 0 heterocycles. The fourth-order valence-electron chi connectivity index (χ4n) is 2.28. The zero-order chi connectivity index (χ0) is 10.4. The van der Waals surface area contributed by atoms with Gasteiger partial charge in [0.2, 0.25) is 0 Å². The highest BCUT2D eigenvalue weighted by Gasteiger charge is 2.17. The van der Waals surface area contributed by atoms with E-state index in [2.05, 4.69) is 12.2 Å². The normalized spacial score (nSPS) is 22.4. The third-order valence-electron chi connectivity index (χ3n) is 3.04. The first kappa shape index (κ1) is 12.2. The molecule has 0 aromatic carbocycles. The maximum atomic E-state index is 10.8. The molecule has 1 saturated carbocycles.